The number of amides is 2. The van der Waals surface area contributed by atoms with Gasteiger partial charge in [0.1, 0.15) is 11.4 Å². The van der Waals surface area contributed by atoms with E-state index in [-0.39, 0.29) is 36.0 Å². The molecule has 0 aliphatic heterocycles. The molecular formula is C37H44N8O6. The first-order chi connectivity index (χ1) is 24.6. The monoisotopic (exact) mass is 696 g/mol. The Balaban J connectivity index is 1.35. The van der Waals surface area contributed by atoms with Crippen molar-refractivity contribution in [2.24, 2.45) is 0 Å². The SMILES string of the molecule is CCN(CC)CCCN(CCC(=O)Nc1ccc(Nc2ccccc2)c([N+](=O)[O-])c1)CCC(=O)Nc1ccc(Nc2ccccc2)c([N+](=O)[O-])c1. The Bertz CT molecular complexity index is 1650. The molecule has 0 bridgehead atoms. The van der Waals surface area contributed by atoms with Crippen LogP contribution in [0.5, 0.6) is 0 Å². The number of nitrogens with one attached hydrogen (secondary N) is 4. The number of anilines is 6. The van der Waals surface area contributed by atoms with Gasteiger partial charge in [-0.15, -0.1) is 0 Å². The summed E-state index contributed by atoms with van der Waals surface area (Å²) in [4.78, 5) is 52.9. The molecule has 4 N–H and O–H groups in total. The smallest absolute Gasteiger partial charge is 0.294 e. The summed E-state index contributed by atoms with van der Waals surface area (Å²) in [6, 6.07) is 27.1. The van der Waals surface area contributed by atoms with E-state index in [4.69, 9.17) is 0 Å². The molecule has 4 aromatic carbocycles. The number of carbonyl (C=O) groups excluding carboxylic acids is 2. The van der Waals surface area contributed by atoms with Crippen LogP contribution >= 0.6 is 0 Å². The standard InChI is InChI=1S/C37H44N8O6/c1-3-42(4-2)22-11-23-43(24-20-36(46)40-30-16-18-32(34(26-30)44(48)49)38-28-12-7-5-8-13-28)25-21-37(47)41-31-17-19-33(35(27-31)45(50)51)39-29-14-9-6-10-15-29/h5-10,12-19,26-27,38-39H,3-4,11,20-25H2,1-2H3,(H,40,46)(H,41,47). The number of nitro groups is 2. The van der Waals surface area contributed by atoms with Gasteiger partial charge in [-0.2, -0.15) is 0 Å². The van der Waals surface area contributed by atoms with Crippen LogP contribution in [0.15, 0.2) is 97.1 Å². The van der Waals surface area contributed by atoms with Gasteiger partial charge in [-0.3, -0.25) is 29.8 Å². The van der Waals surface area contributed by atoms with Crippen LogP contribution in [0.2, 0.25) is 0 Å². The van der Waals surface area contributed by atoms with Crippen LogP contribution in [0.4, 0.5) is 45.5 Å². The number of nitro benzene ring substituents is 2. The van der Waals surface area contributed by atoms with E-state index in [0.29, 0.717) is 53.8 Å². The second-order valence-corrected chi connectivity index (χ2v) is 11.8. The molecule has 0 heterocycles. The molecular weight excluding hydrogens is 652 g/mol. The Hall–Kier alpha value is -5.86. The summed E-state index contributed by atoms with van der Waals surface area (Å²) in [6.07, 6.45) is 1.04. The average Bonchev–Trinajstić information content (AvgIpc) is 3.13. The zero-order valence-corrected chi connectivity index (χ0v) is 28.8. The molecule has 0 aromatic heterocycles. The molecule has 268 valence electrons. The van der Waals surface area contributed by atoms with Crippen molar-refractivity contribution in [2.75, 3.05) is 60.5 Å². The van der Waals surface area contributed by atoms with Gasteiger partial charge in [0.25, 0.3) is 11.4 Å². The van der Waals surface area contributed by atoms with Crippen LogP contribution in [0, 0.1) is 20.2 Å². The maximum absolute atomic E-state index is 13.0. The van der Waals surface area contributed by atoms with E-state index in [1.54, 1.807) is 48.5 Å². The average molecular weight is 697 g/mol. The molecule has 0 saturated carbocycles. The molecule has 2 amide bonds. The quantitative estimate of drug-likeness (QED) is 0.0539. The van der Waals surface area contributed by atoms with Crippen LogP contribution in [0.3, 0.4) is 0 Å². The minimum atomic E-state index is -0.502. The number of hydrogen-bond acceptors (Lipinski definition) is 10. The summed E-state index contributed by atoms with van der Waals surface area (Å²) in [7, 11) is 0. The van der Waals surface area contributed by atoms with Crippen molar-refractivity contribution in [2.45, 2.75) is 33.1 Å². The van der Waals surface area contributed by atoms with Crippen molar-refractivity contribution in [3.8, 4) is 0 Å². The first kappa shape index (κ1) is 38.0. The molecule has 0 fully saturated rings. The maximum Gasteiger partial charge on any atom is 0.294 e. The lowest BCUT2D eigenvalue weighted by Gasteiger charge is -2.24. The second kappa shape index (κ2) is 19.4. The Morgan fingerprint density at radius 3 is 1.37 bits per heavy atom. The highest BCUT2D eigenvalue weighted by molar-refractivity contribution is 5.93. The van der Waals surface area contributed by atoms with E-state index >= 15 is 0 Å². The molecule has 51 heavy (non-hydrogen) atoms. The molecule has 0 aliphatic carbocycles. The third-order valence-corrected chi connectivity index (χ3v) is 8.22. The molecule has 0 spiro atoms. The summed E-state index contributed by atoms with van der Waals surface area (Å²) in [5.74, 6) is -0.634. The summed E-state index contributed by atoms with van der Waals surface area (Å²) in [6.45, 7) is 8.25. The zero-order chi connectivity index (χ0) is 36.6. The Morgan fingerprint density at radius 1 is 0.569 bits per heavy atom. The van der Waals surface area contributed by atoms with E-state index in [1.807, 2.05) is 41.3 Å². The van der Waals surface area contributed by atoms with Gasteiger partial charge in [-0.05, 0) is 81.1 Å². The number of para-hydroxylation sites is 2. The van der Waals surface area contributed by atoms with Gasteiger partial charge < -0.3 is 31.1 Å². The summed E-state index contributed by atoms with van der Waals surface area (Å²) in [5.41, 5.74) is 2.26. The van der Waals surface area contributed by atoms with E-state index < -0.39 is 9.85 Å². The van der Waals surface area contributed by atoms with Gasteiger partial charge in [-0.25, -0.2) is 0 Å². The third kappa shape index (κ3) is 12.2. The van der Waals surface area contributed by atoms with Gasteiger partial charge in [0.2, 0.25) is 11.8 Å². The third-order valence-electron chi connectivity index (χ3n) is 8.22. The van der Waals surface area contributed by atoms with Crippen LogP contribution < -0.4 is 21.3 Å². The van der Waals surface area contributed by atoms with Crippen molar-refractivity contribution < 1.29 is 19.4 Å². The highest BCUT2D eigenvalue weighted by atomic mass is 16.6. The molecule has 0 radical (unpaired) electrons. The molecule has 4 aromatic rings. The Labute approximate surface area is 297 Å². The minimum absolute atomic E-state index is 0.104. The van der Waals surface area contributed by atoms with E-state index in [9.17, 15) is 29.8 Å². The highest BCUT2D eigenvalue weighted by Crippen LogP contribution is 2.32. The predicted molar refractivity (Wildman–Crippen MR) is 201 cm³/mol. The van der Waals surface area contributed by atoms with Gasteiger partial charge in [0.05, 0.1) is 9.85 Å². The van der Waals surface area contributed by atoms with Gasteiger partial charge >= 0.3 is 0 Å². The van der Waals surface area contributed by atoms with Crippen molar-refractivity contribution >= 4 is 57.3 Å². The summed E-state index contributed by atoms with van der Waals surface area (Å²) < 4.78 is 0. The molecule has 0 atom stereocenters. The normalized spacial score (nSPS) is 10.9. The van der Waals surface area contributed by atoms with Gasteiger partial charge in [-0.1, -0.05) is 50.2 Å². The molecule has 14 heteroatoms. The van der Waals surface area contributed by atoms with E-state index in [2.05, 4.69) is 40.0 Å². The van der Waals surface area contributed by atoms with Crippen molar-refractivity contribution in [1.29, 1.82) is 0 Å². The lowest BCUT2D eigenvalue weighted by Crippen LogP contribution is -2.34. The molecule has 0 saturated heterocycles. The number of hydrogen-bond donors (Lipinski definition) is 4. The highest BCUT2D eigenvalue weighted by Gasteiger charge is 2.19. The predicted octanol–water partition coefficient (Wildman–Crippen LogP) is 7.38. The Kier molecular flexibility index (Phi) is 14.4. The Morgan fingerprint density at radius 2 is 0.980 bits per heavy atom. The molecule has 0 unspecified atom stereocenters. The lowest BCUT2D eigenvalue weighted by molar-refractivity contribution is -0.384. The number of nitrogens with zero attached hydrogens (tertiary/aromatic N) is 4. The summed E-state index contributed by atoms with van der Waals surface area (Å²) >= 11 is 0. The van der Waals surface area contributed by atoms with Crippen LogP contribution in [-0.2, 0) is 9.59 Å². The van der Waals surface area contributed by atoms with E-state index in [1.165, 1.54) is 12.1 Å². The van der Waals surface area contributed by atoms with E-state index in [0.717, 1.165) is 26.1 Å². The molecule has 4 rings (SSSR count). The fourth-order valence-corrected chi connectivity index (χ4v) is 5.45. The topological polar surface area (TPSA) is 175 Å². The fourth-order valence-electron chi connectivity index (χ4n) is 5.45. The summed E-state index contributed by atoms with van der Waals surface area (Å²) in [5, 5.41) is 35.2. The van der Waals surface area contributed by atoms with Crippen LogP contribution in [0.1, 0.15) is 33.1 Å². The van der Waals surface area contributed by atoms with Crippen LogP contribution in [0.25, 0.3) is 0 Å². The first-order valence-electron chi connectivity index (χ1n) is 16.9. The van der Waals surface area contributed by atoms with Crippen molar-refractivity contribution in [3.05, 3.63) is 117 Å². The van der Waals surface area contributed by atoms with Crippen LogP contribution in [-0.4, -0.2) is 70.7 Å². The largest absolute Gasteiger partial charge is 0.350 e. The number of rotatable bonds is 20. The number of benzene rings is 4. The molecule has 14 nitrogen and oxygen atoms in total. The maximum atomic E-state index is 13.0. The van der Waals surface area contributed by atoms with Gasteiger partial charge in [0.15, 0.2) is 0 Å². The lowest BCUT2D eigenvalue weighted by atomic mass is 10.2. The first-order valence-corrected chi connectivity index (χ1v) is 16.9. The van der Waals surface area contributed by atoms with Gasteiger partial charge in [0, 0.05) is 60.8 Å². The molecule has 0 aliphatic rings. The minimum Gasteiger partial charge on any atom is -0.350 e. The fraction of sp³-hybridized carbons (Fsp3) is 0.297. The van der Waals surface area contributed by atoms with Crippen molar-refractivity contribution in [1.82, 2.24) is 9.80 Å². The zero-order valence-electron chi connectivity index (χ0n) is 28.8. The number of carbonyl (C=O) groups is 2. The van der Waals surface area contributed by atoms with Crippen molar-refractivity contribution in [3.63, 3.8) is 0 Å². The second-order valence-electron chi connectivity index (χ2n) is 11.8.